The van der Waals surface area contributed by atoms with Crippen molar-refractivity contribution in [2.75, 3.05) is 4.90 Å². The summed E-state index contributed by atoms with van der Waals surface area (Å²) < 4.78 is 0. The second-order valence-electron chi connectivity index (χ2n) is 8.72. The molecular weight excluding hydrogens is 374 g/mol. The number of carbonyl (C=O) groups is 1. The molecule has 1 unspecified atom stereocenters. The van der Waals surface area contributed by atoms with E-state index in [0.717, 1.165) is 22.5 Å². The van der Waals surface area contributed by atoms with Crippen molar-refractivity contribution in [1.82, 2.24) is 4.98 Å². The molecule has 1 aromatic carbocycles. The minimum Gasteiger partial charge on any atom is -0.383 e. The number of nitriles is 1. The van der Waals surface area contributed by atoms with Gasteiger partial charge in [-0.2, -0.15) is 5.26 Å². The summed E-state index contributed by atoms with van der Waals surface area (Å²) >= 11 is 0. The number of ketones is 1. The number of amidine groups is 1. The van der Waals surface area contributed by atoms with Crippen LogP contribution in [0.1, 0.15) is 43.7 Å². The van der Waals surface area contributed by atoms with Gasteiger partial charge in [-0.3, -0.25) is 14.7 Å². The maximum atomic E-state index is 13.4. The minimum absolute atomic E-state index is 0.0712. The molecule has 0 saturated heterocycles. The van der Waals surface area contributed by atoms with Crippen molar-refractivity contribution in [1.29, 1.82) is 5.26 Å². The molecule has 0 saturated carbocycles. The fourth-order valence-corrected chi connectivity index (χ4v) is 4.77. The summed E-state index contributed by atoms with van der Waals surface area (Å²) in [7, 11) is 0. The first-order valence-electron chi connectivity index (χ1n) is 9.95. The topological polar surface area (TPSA) is 95.4 Å². The van der Waals surface area contributed by atoms with E-state index in [-0.39, 0.29) is 11.2 Å². The summed E-state index contributed by atoms with van der Waals surface area (Å²) in [4.78, 5) is 24.3. The van der Waals surface area contributed by atoms with E-state index in [0.29, 0.717) is 35.6 Å². The Kier molecular flexibility index (Phi) is 3.90. The van der Waals surface area contributed by atoms with Crippen molar-refractivity contribution in [2.24, 2.45) is 16.1 Å². The first-order chi connectivity index (χ1) is 14.4. The molecule has 2 aliphatic heterocycles. The number of hydrogen-bond acceptors (Lipinski definition) is 6. The van der Waals surface area contributed by atoms with E-state index in [1.807, 2.05) is 41.3 Å². The normalized spacial score (nSPS) is 22.0. The molecule has 148 valence electrons. The van der Waals surface area contributed by atoms with Crippen LogP contribution in [0, 0.1) is 16.7 Å². The summed E-state index contributed by atoms with van der Waals surface area (Å²) in [5.41, 5.74) is 10.6. The van der Waals surface area contributed by atoms with Gasteiger partial charge in [0.25, 0.3) is 0 Å². The predicted octanol–water partition coefficient (Wildman–Crippen LogP) is 3.78. The van der Waals surface area contributed by atoms with Gasteiger partial charge in [0, 0.05) is 35.6 Å². The third-order valence-corrected chi connectivity index (χ3v) is 5.98. The number of aliphatic imine (C=N–C) groups is 1. The van der Waals surface area contributed by atoms with Gasteiger partial charge in [-0.1, -0.05) is 32.0 Å². The zero-order valence-electron chi connectivity index (χ0n) is 16.9. The van der Waals surface area contributed by atoms with Gasteiger partial charge in [0.15, 0.2) is 11.6 Å². The van der Waals surface area contributed by atoms with Crippen LogP contribution in [0.5, 0.6) is 0 Å². The number of hydrogen-bond donors (Lipinski definition) is 1. The van der Waals surface area contributed by atoms with Gasteiger partial charge in [0.05, 0.1) is 23.2 Å². The largest absolute Gasteiger partial charge is 0.383 e. The van der Waals surface area contributed by atoms with E-state index in [2.05, 4.69) is 29.9 Å². The number of benzene rings is 1. The smallest absolute Gasteiger partial charge is 0.162 e. The molecule has 0 spiro atoms. The van der Waals surface area contributed by atoms with Gasteiger partial charge >= 0.3 is 0 Å². The molecule has 6 heteroatoms. The number of para-hydroxylation sites is 1. The van der Waals surface area contributed by atoms with Crippen molar-refractivity contribution in [2.45, 2.75) is 32.6 Å². The van der Waals surface area contributed by atoms with Crippen molar-refractivity contribution in [3.63, 3.8) is 0 Å². The molecule has 0 amide bonds. The average Bonchev–Trinajstić information content (AvgIpc) is 2.72. The van der Waals surface area contributed by atoms with Gasteiger partial charge in [0.2, 0.25) is 0 Å². The Hall–Kier alpha value is -3.72. The lowest BCUT2D eigenvalue weighted by atomic mass is 9.68. The minimum atomic E-state index is -0.490. The Balaban J connectivity index is 1.86. The van der Waals surface area contributed by atoms with Crippen molar-refractivity contribution in [3.8, 4) is 6.07 Å². The fourth-order valence-electron chi connectivity index (χ4n) is 4.77. The maximum absolute atomic E-state index is 13.4. The molecular formula is C24H21N5O. The predicted molar refractivity (Wildman–Crippen MR) is 114 cm³/mol. The van der Waals surface area contributed by atoms with Crippen LogP contribution >= 0.6 is 0 Å². The Bertz CT molecular complexity index is 1210. The zero-order valence-corrected chi connectivity index (χ0v) is 16.9. The van der Waals surface area contributed by atoms with Crippen molar-refractivity contribution < 1.29 is 4.79 Å². The maximum Gasteiger partial charge on any atom is 0.162 e. The van der Waals surface area contributed by atoms with E-state index >= 15 is 0 Å². The molecule has 30 heavy (non-hydrogen) atoms. The number of aromatic nitrogens is 1. The Morgan fingerprint density at radius 3 is 2.73 bits per heavy atom. The number of allylic oxidation sites excluding steroid dienone is 3. The van der Waals surface area contributed by atoms with Crippen LogP contribution in [-0.2, 0) is 4.79 Å². The molecule has 5 rings (SSSR count). The van der Waals surface area contributed by atoms with E-state index in [1.165, 1.54) is 0 Å². The molecule has 0 bridgehead atoms. The van der Waals surface area contributed by atoms with E-state index in [1.54, 1.807) is 12.4 Å². The van der Waals surface area contributed by atoms with Crippen LogP contribution in [0.25, 0.3) is 0 Å². The zero-order chi connectivity index (χ0) is 21.0. The highest BCUT2D eigenvalue weighted by Gasteiger charge is 2.46. The Labute approximate surface area is 175 Å². The van der Waals surface area contributed by atoms with Crippen molar-refractivity contribution in [3.05, 3.63) is 82.6 Å². The van der Waals surface area contributed by atoms with Crippen LogP contribution in [0.15, 0.2) is 76.4 Å². The highest BCUT2D eigenvalue weighted by molar-refractivity contribution is 6.08. The Morgan fingerprint density at radius 2 is 2.00 bits per heavy atom. The van der Waals surface area contributed by atoms with Crippen molar-refractivity contribution >= 4 is 17.3 Å². The quantitative estimate of drug-likeness (QED) is 0.793. The fraction of sp³-hybridized carbons (Fsp3) is 0.250. The lowest BCUT2D eigenvalue weighted by Gasteiger charge is -2.45. The number of nitrogens with zero attached hydrogens (tertiary/aromatic N) is 4. The van der Waals surface area contributed by atoms with Crippen LogP contribution < -0.4 is 10.6 Å². The highest BCUT2D eigenvalue weighted by Crippen LogP contribution is 2.52. The summed E-state index contributed by atoms with van der Waals surface area (Å²) in [5.74, 6) is 0.462. The number of fused-ring (bicyclic) bond motifs is 4. The lowest BCUT2D eigenvalue weighted by molar-refractivity contribution is -0.118. The lowest BCUT2D eigenvalue weighted by Crippen LogP contribution is -2.42. The third-order valence-electron chi connectivity index (χ3n) is 5.98. The number of carbonyl (C=O) groups excluding carboxylic acids is 1. The molecule has 3 heterocycles. The van der Waals surface area contributed by atoms with Gasteiger partial charge < -0.3 is 5.73 Å². The molecule has 2 aromatic rings. The standard InChI is InChI=1S/C24H21N5O/c1-24(2)10-18-21(19(30)11-24)20(14-6-5-9-27-13-14)16(12-25)23-28-22(26)15-7-3-4-8-17(15)29(18)23/h3-9,13,20H,10-11H2,1-2H3,(H2,26,28). The summed E-state index contributed by atoms with van der Waals surface area (Å²) in [6.45, 7) is 4.20. The monoisotopic (exact) mass is 395 g/mol. The van der Waals surface area contributed by atoms with E-state index in [9.17, 15) is 10.1 Å². The first-order valence-corrected chi connectivity index (χ1v) is 9.95. The van der Waals surface area contributed by atoms with Gasteiger partial charge in [0.1, 0.15) is 5.84 Å². The molecule has 1 aromatic heterocycles. The van der Waals surface area contributed by atoms with E-state index in [4.69, 9.17) is 5.73 Å². The number of pyridine rings is 1. The number of rotatable bonds is 1. The average molecular weight is 395 g/mol. The molecule has 2 N–H and O–H groups in total. The van der Waals surface area contributed by atoms with Crippen LogP contribution in [-0.4, -0.2) is 16.6 Å². The molecule has 0 fully saturated rings. The van der Waals surface area contributed by atoms with Gasteiger partial charge in [-0.05, 0) is 35.6 Å². The number of Topliss-reactive ketones (excluding diaryl/α,β-unsaturated/α-hetero) is 1. The molecule has 1 atom stereocenters. The molecule has 3 aliphatic rings. The van der Waals surface area contributed by atoms with Crippen LogP contribution in [0.2, 0.25) is 0 Å². The van der Waals surface area contributed by atoms with Crippen LogP contribution in [0.3, 0.4) is 0 Å². The first kappa shape index (κ1) is 18.3. The second-order valence-corrected chi connectivity index (χ2v) is 8.72. The number of nitrogens with two attached hydrogens (primary N) is 1. The van der Waals surface area contributed by atoms with Gasteiger partial charge in [-0.25, -0.2) is 4.99 Å². The summed E-state index contributed by atoms with van der Waals surface area (Å²) in [6.07, 6.45) is 4.56. The SMILES string of the molecule is CC1(C)CC(=O)C2=C(C1)N1C(=C(C#N)C2c2cccnc2)N=C(N)c2ccccc21. The molecule has 6 nitrogen and oxygen atoms in total. The van der Waals surface area contributed by atoms with E-state index < -0.39 is 5.92 Å². The molecule has 0 radical (unpaired) electrons. The summed E-state index contributed by atoms with van der Waals surface area (Å²) in [6, 6.07) is 13.8. The summed E-state index contributed by atoms with van der Waals surface area (Å²) in [5, 5.41) is 10.2. The third kappa shape index (κ3) is 2.59. The molecule has 1 aliphatic carbocycles. The van der Waals surface area contributed by atoms with Crippen LogP contribution in [0.4, 0.5) is 5.69 Å². The Morgan fingerprint density at radius 1 is 1.20 bits per heavy atom. The second kappa shape index (κ2) is 6.39. The van der Waals surface area contributed by atoms with Gasteiger partial charge in [-0.15, -0.1) is 0 Å². The number of anilines is 1. The highest BCUT2D eigenvalue weighted by atomic mass is 16.1.